The molecule has 1 rings (SSSR count). The van der Waals surface area contributed by atoms with Gasteiger partial charge in [0.1, 0.15) is 6.67 Å². The lowest BCUT2D eigenvalue weighted by atomic mass is 10.1. The Morgan fingerprint density at radius 3 is 2.44 bits per heavy atom. The number of pyridine rings is 1. The van der Waals surface area contributed by atoms with E-state index in [4.69, 9.17) is 5.11 Å². The molecule has 0 bridgehead atoms. The molecule has 3 nitrogen and oxygen atoms in total. The number of ether oxygens (including phenoxy) is 1. The highest BCUT2D eigenvalue weighted by Crippen LogP contribution is 2.29. The molecule has 0 saturated carbocycles. The Morgan fingerprint density at radius 2 is 2.00 bits per heavy atom. The third kappa shape index (κ3) is 3.17. The van der Waals surface area contributed by atoms with E-state index in [1.807, 2.05) is 0 Å². The molecule has 90 valence electrons. The molecule has 1 aromatic heterocycles. The topological polar surface area (TPSA) is 42.4 Å². The Balaban J connectivity index is 3.19. The van der Waals surface area contributed by atoms with Crippen molar-refractivity contribution in [3.8, 4) is 5.88 Å². The van der Waals surface area contributed by atoms with Gasteiger partial charge in [0.2, 0.25) is 5.88 Å². The van der Waals surface area contributed by atoms with Crippen molar-refractivity contribution in [2.45, 2.75) is 19.6 Å². The van der Waals surface area contributed by atoms with E-state index in [0.29, 0.717) is 3.57 Å². The number of halogens is 5. The molecule has 16 heavy (non-hydrogen) atoms. The summed E-state index contributed by atoms with van der Waals surface area (Å²) in [6, 6.07) is 0. The summed E-state index contributed by atoms with van der Waals surface area (Å²) >= 11 is 1.71. The number of hydrogen-bond acceptors (Lipinski definition) is 3. The molecule has 0 fully saturated rings. The fraction of sp³-hybridized carbons (Fsp3) is 0.375. The van der Waals surface area contributed by atoms with E-state index in [9.17, 15) is 17.6 Å². The van der Waals surface area contributed by atoms with Gasteiger partial charge in [0.15, 0.2) is 0 Å². The molecule has 0 unspecified atom stereocenters. The molecule has 0 spiro atoms. The Morgan fingerprint density at radius 1 is 1.38 bits per heavy atom. The van der Waals surface area contributed by atoms with Crippen LogP contribution in [0.1, 0.15) is 11.1 Å². The zero-order valence-electron chi connectivity index (χ0n) is 7.68. The zero-order valence-corrected chi connectivity index (χ0v) is 9.84. The first kappa shape index (κ1) is 13.4. The molecule has 0 radical (unpaired) electrons. The van der Waals surface area contributed by atoms with Crippen molar-refractivity contribution < 1.29 is 27.4 Å². The minimum absolute atomic E-state index is 0.0441. The number of aliphatic hydroxyl groups excluding tert-OH is 1. The van der Waals surface area contributed by atoms with E-state index in [1.54, 1.807) is 22.6 Å². The SMILES string of the molecule is OCc1c(OC(F)(F)F)ncc(I)c1CF. The van der Waals surface area contributed by atoms with Crippen LogP contribution in [0.2, 0.25) is 0 Å². The second kappa shape index (κ2) is 5.13. The summed E-state index contributed by atoms with van der Waals surface area (Å²) in [5, 5.41) is 8.89. The molecule has 0 aromatic carbocycles. The minimum atomic E-state index is -4.92. The van der Waals surface area contributed by atoms with Gasteiger partial charge in [-0.3, -0.25) is 0 Å². The van der Waals surface area contributed by atoms with E-state index < -0.39 is 25.5 Å². The van der Waals surface area contributed by atoms with Crippen LogP contribution in [0.5, 0.6) is 5.88 Å². The number of aliphatic hydroxyl groups is 1. The quantitative estimate of drug-likeness (QED) is 0.673. The Labute approximate surface area is 102 Å². The van der Waals surface area contributed by atoms with Gasteiger partial charge >= 0.3 is 6.36 Å². The largest absolute Gasteiger partial charge is 0.574 e. The average molecular weight is 351 g/mol. The van der Waals surface area contributed by atoms with Gasteiger partial charge in [-0.1, -0.05) is 0 Å². The predicted molar refractivity (Wildman–Crippen MR) is 54.4 cm³/mol. The van der Waals surface area contributed by atoms with Crippen LogP contribution >= 0.6 is 22.6 Å². The maximum atomic E-state index is 12.6. The molecule has 0 atom stereocenters. The van der Waals surface area contributed by atoms with E-state index in [-0.39, 0.29) is 11.1 Å². The molecule has 0 saturated heterocycles. The van der Waals surface area contributed by atoms with Crippen LogP contribution in [0, 0.1) is 3.57 Å². The second-order valence-corrected chi connectivity index (χ2v) is 3.87. The number of nitrogens with zero attached hydrogens (tertiary/aromatic N) is 1. The van der Waals surface area contributed by atoms with Crippen LogP contribution in [0.15, 0.2) is 6.20 Å². The van der Waals surface area contributed by atoms with Crippen LogP contribution in [0.4, 0.5) is 17.6 Å². The maximum Gasteiger partial charge on any atom is 0.574 e. The molecule has 0 amide bonds. The lowest BCUT2D eigenvalue weighted by Crippen LogP contribution is -2.19. The van der Waals surface area contributed by atoms with Gasteiger partial charge in [0, 0.05) is 20.9 Å². The minimum Gasteiger partial charge on any atom is -0.391 e. The van der Waals surface area contributed by atoms with E-state index in [0.717, 1.165) is 6.20 Å². The van der Waals surface area contributed by atoms with Crippen LogP contribution in [-0.4, -0.2) is 16.5 Å². The second-order valence-electron chi connectivity index (χ2n) is 2.71. The summed E-state index contributed by atoms with van der Waals surface area (Å²) in [6.45, 7) is -1.76. The predicted octanol–water partition coefficient (Wildman–Crippen LogP) is 2.55. The number of hydrogen-bond donors (Lipinski definition) is 1. The lowest BCUT2D eigenvalue weighted by molar-refractivity contribution is -0.276. The van der Waals surface area contributed by atoms with Crippen molar-refractivity contribution >= 4 is 22.6 Å². The standard InChI is InChI=1S/C8H6F4INO2/c9-1-4-5(3-15)7(14-2-6(4)13)16-8(10,11)12/h2,15H,1,3H2. The molecule has 1 aromatic rings. The normalized spacial score (nSPS) is 11.6. The van der Waals surface area contributed by atoms with E-state index >= 15 is 0 Å². The molecule has 0 aliphatic heterocycles. The van der Waals surface area contributed by atoms with Crippen LogP contribution in [0.25, 0.3) is 0 Å². The molecular formula is C8H6F4INO2. The van der Waals surface area contributed by atoms with Crippen molar-refractivity contribution in [3.63, 3.8) is 0 Å². The van der Waals surface area contributed by atoms with Gasteiger partial charge < -0.3 is 9.84 Å². The average Bonchev–Trinajstić information content (AvgIpc) is 2.18. The number of alkyl halides is 4. The van der Waals surface area contributed by atoms with Crippen LogP contribution in [0.3, 0.4) is 0 Å². The smallest absolute Gasteiger partial charge is 0.391 e. The summed E-state index contributed by atoms with van der Waals surface area (Å²) in [4.78, 5) is 3.37. The summed E-state index contributed by atoms with van der Waals surface area (Å²) in [7, 11) is 0. The third-order valence-electron chi connectivity index (χ3n) is 1.71. The Kier molecular flexibility index (Phi) is 4.30. The fourth-order valence-corrected chi connectivity index (χ4v) is 1.66. The molecule has 0 aliphatic carbocycles. The Hall–Kier alpha value is -0.640. The van der Waals surface area contributed by atoms with Gasteiger partial charge in [0.25, 0.3) is 0 Å². The first-order valence-corrected chi connectivity index (χ1v) is 5.05. The lowest BCUT2D eigenvalue weighted by Gasteiger charge is -2.13. The van der Waals surface area contributed by atoms with Gasteiger partial charge in [-0.15, -0.1) is 13.2 Å². The Bertz CT molecular complexity index is 383. The van der Waals surface area contributed by atoms with Gasteiger partial charge in [-0.05, 0) is 22.6 Å². The molecule has 1 heterocycles. The fourth-order valence-electron chi connectivity index (χ4n) is 1.05. The van der Waals surface area contributed by atoms with Gasteiger partial charge in [0.05, 0.1) is 6.61 Å². The van der Waals surface area contributed by atoms with E-state index in [1.165, 1.54) is 0 Å². The summed E-state index contributed by atoms with van der Waals surface area (Å²) in [6.07, 6.45) is -3.87. The highest BCUT2D eigenvalue weighted by molar-refractivity contribution is 14.1. The molecular weight excluding hydrogens is 345 g/mol. The van der Waals surface area contributed by atoms with Crippen molar-refractivity contribution in [3.05, 3.63) is 20.9 Å². The highest BCUT2D eigenvalue weighted by atomic mass is 127. The molecule has 1 N–H and O–H groups in total. The van der Waals surface area contributed by atoms with Crippen molar-refractivity contribution in [1.82, 2.24) is 4.98 Å². The third-order valence-corrected chi connectivity index (χ3v) is 2.64. The summed E-state index contributed by atoms with van der Waals surface area (Å²) in [5.41, 5.74) is -0.330. The first-order chi connectivity index (χ1) is 7.39. The number of rotatable bonds is 3. The van der Waals surface area contributed by atoms with Crippen LogP contribution < -0.4 is 4.74 Å². The zero-order chi connectivity index (χ0) is 12.3. The van der Waals surface area contributed by atoms with Crippen molar-refractivity contribution in [2.24, 2.45) is 0 Å². The molecule has 8 heteroatoms. The highest BCUT2D eigenvalue weighted by Gasteiger charge is 2.33. The molecule has 0 aliphatic rings. The first-order valence-electron chi connectivity index (χ1n) is 3.98. The van der Waals surface area contributed by atoms with Crippen molar-refractivity contribution in [1.29, 1.82) is 0 Å². The summed E-state index contributed by atoms with van der Waals surface area (Å²) in [5.74, 6) is -0.817. The summed E-state index contributed by atoms with van der Waals surface area (Å²) < 4.78 is 52.3. The van der Waals surface area contributed by atoms with Crippen molar-refractivity contribution in [2.75, 3.05) is 0 Å². The van der Waals surface area contributed by atoms with Gasteiger partial charge in [-0.2, -0.15) is 0 Å². The monoisotopic (exact) mass is 351 g/mol. The maximum absolute atomic E-state index is 12.6. The van der Waals surface area contributed by atoms with Crippen LogP contribution in [-0.2, 0) is 13.3 Å². The number of aromatic nitrogens is 1. The van der Waals surface area contributed by atoms with E-state index in [2.05, 4.69) is 9.72 Å². The van der Waals surface area contributed by atoms with Gasteiger partial charge in [-0.25, -0.2) is 9.37 Å².